The average molecular weight is 150 g/mol. The topological polar surface area (TPSA) is 42.0 Å². The van der Waals surface area contributed by atoms with Crippen LogP contribution in [0.1, 0.15) is 15.9 Å². The van der Waals surface area contributed by atoms with Gasteiger partial charge in [0.1, 0.15) is 5.82 Å². The molecular weight excluding hydrogens is 140 g/mol. The Morgan fingerprint density at radius 1 is 1.64 bits per heavy atom. The van der Waals surface area contributed by atoms with Gasteiger partial charge in [-0.3, -0.25) is 4.79 Å². The minimum absolute atomic E-state index is 0.634. The summed E-state index contributed by atoms with van der Waals surface area (Å²) in [5, 5.41) is 2.84. The first-order valence-electron chi connectivity index (χ1n) is 3.38. The van der Waals surface area contributed by atoms with E-state index >= 15 is 0 Å². The van der Waals surface area contributed by atoms with E-state index in [9.17, 15) is 4.79 Å². The molecule has 0 aliphatic carbocycles. The van der Waals surface area contributed by atoms with E-state index in [1.165, 1.54) is 0 Å². The first-order chi connectivity index (χ1) is 5.29. The number of pyridine rings is 1. The number of carbonyl (C=O) groups excluding carboxylic acids is 1. The molecule has 11 heavy (non-hydrogen) atoms. The fraction of sp³-hybridized carbons (Fsp3) is 0.250. The summed E-state index contributed by atoms with van der Waals surface area (Å²) in [6.07, 6.45) is 2.49. The van der Waals surface area contributed by atoms with Crippen molar-refractivity contribution in [2.24, 2.45) is 0 Å². The molecule has 0 saturated carbocycles. The van der Waals surface area contributed by atoms with Crippen LogP contribution in [0.5, 0.6) is 0 Å². The van der Waals surface area contributed by atoms with Crippen LogP contribution in [0.2, 0.25) is 0 Å². The Hall–Kier alpha value is -1.38. The SMILES string of the molecule is CNc1nccc(C)c1C=O. The number of aldehydes is 1. The maximum Gasteiger partial charge on any atom is 0.154 e. The summed E-state index contributed by atoms with van der Waals surface area (Å²) in [6, 6.07) is 1.81. The van der Waals surface area contributed by atoms with Gasteiger partial charge in [0.2, 0.25) is 0 Å². The molecule has 1 aromatic heterocycles. The molecule has 0 aliphatic rings. The van der Waals surface area contributed by atoms with Gasteiger partial charge in [0.25, 0.3) is 0 Å². The molecule has 1 rings (SSSR count). The number of aromatic nitrogens is 1. The molecule has 3 heteroatoms. The van der Waals surface area contributed by atoms with Crippen molar-refractivity contribution in [2.45, 2.75) is 6.92 Å². The zero-order valence-electron chi connectivity index (χ0n) is 6.59. The fourth-order valence-electron chi connectivity index (χ4n) is 0.918. The van der Waals surface area contributed by atoms with Gasteiger partial charge in [-0.15, -0.1) is 0 Å². The van der Waals surface area contributed by atoms with Crippen molar-refractivity contribution < 1.29 is 4.79 Å². The van der Waals surface area contributed by atoms with Gasteiger partial charge in [-0.1, -0.05) is 0 Å². The van der Waals surface area contributed by atoms with Crippen LogP contribution in [0, 0.1) is 6.92 Å². The number of hydrogen-bond acceptors (Lipinski definition) is 3. The summed E-state index contributed by atoms with van der Waals surface area (Å²) in [7, 11) is 1.74. The van der Waals surface area contributed by atoms with Gasteiger partial charge in [-0.25, -0.2) is 4.98 Å². The Labute approximate surface area is 65.5 Å². The van der Waals surface area contributed by atoms with E-state index in [0.717, 1.165) is 11.8 Å². The summed E-state index contributed by atoms with van der Waals surface area (Å²) < 4.78 is 0. The lowest BCUT2D eigenvalue weighted by atomic mass is 10.1. The van der Waals surface area contributed by atoms with Crippen molar-refractivity contribution in [3.63, 3.8) is 0 Å². The van der Waals surface area contributed by atoms with E-state index in [-0.39, 0.29) is 0 Å². The van der Waals surface area contributed by atoms with Crippen LogP contribution in [0.25, 0.3) is 0 Å². The lowest BCUT2D eigenvalue weighted by molar-refractivity contribution is 0.112. The molecule has 0 unspecified atom stereocenters. The van der Waals surface area contributed by atoms with Crippen molar-refractivity contribution in [2.75, 3.05) is 12.4 Å². The molecule has 1 aromatic rings. The molecule has 0 atom stereocenters. The maximum atomic E-state index is 10.5. The zero-order valence-corrected chi connectivity index (χ0v) is 6.59. The molecule has 0 amide bonds. The Morgan fingerprint density at radius 2 is 2.36 bits per heavy atom. The number of aryl methyl sites for hydroxylation is 1. The molecule has 1 N–H and O–H groups in total. The van der Waals surface area contributed by atoms with Crippen molar-refractivity contribution in [3.8, 4) is 0 Å². The van der Waals surface area contributed by atoms with E-state index in [1.807, 2.05) is 13.0 Å². The summed E-state index contributed by atoms with van der Waals surface area (Å²) >= 11 is 0. The van der Waals surface area contributed by atoms with Gasteiger partial charge in [0.15, 0.2) is 6.29 Å². The highest BCUT2D eigenvalue weighted by Crippen LogP contribution is 2.12. The second-order valence-corrected chi connectivity index (χ2v) is 2.26. The Kier molecular flexibility index (Phi) is 2.21. The number of rotatable bonds is 2. The first kappa shape index (κ1) is 7.72. The number of nitrogens with zero attached hydrogens (tertiary/aromatic N) is 1. The molecule has 0 saturated heterocycles. The van der Waals surface area contributed by atoms with Crippen LogP contribution < -0.4 is 5.32 Å². The van der Waals surface area contributed by atoms with Crippen LogP contribution in [0.3, 0.4) is 0 Å². The number of anilines is 1. The highest BCUT2D eigenvalue weighted by Gasteiger charge is 2.02. The monoisotopic (exact) mass is 150 g/mol. The third-order valence-corrected chi connectivity index (χ3v) is 1.56. The van der Waals surface area contributed by atoms with Crippen molar-refractivity contribution >= 4 is 12.1 Å². The molecule has 0 fully saturated rings. The summed E-state index contributed by atoms with van der Waals surface area (Å²) in [5.74, 6) is 0.639. The van der Waals surface area contributed by atoms with Gasteiger partial charge in [0, 0.05) is 13.2 Å². The van der Waals surface area contributed by atoms with Crippen molar-refractivity contribution in [3.05, 3.63) is 23.4 Å². The second-order valence-electron chi connectivity index (χ2n) is 2.26. The second kappa shape index (κ2) is 3.14. The normalized spacial score (nSPS) is 9.27. The summed E-state index contributed by atoms with van der Waals surface area (Å²) in [5.41, 5.74) is 1.58. The van der Waals surface area contributed by atoms with E-state index in [2.05, 4.69) is 10.3 Å². The van der Waals surface area contributed by atoms with Gasteiger partial charge in [-0.05, 0) is 18.6 Å². The van der Waals surface area contributed by atoms with Crippen LogP contribution in [-0.2, 0) is 0 Å². The molecule has 0 aliphatic heterocycles. The van der Waals surface area contributed by atoms with Gasteiger partial charge in [-0.2, -0.15) is 0 Å². The smallest absolute Gasteiger partial charge is 0.154 e. The highest BCUT2D eigenvalue weighted by atomic mass is 16.1. The van der Waals surface area contributed by atoms with E-state index in [0.29, 0.717) is 11.4 Å². The lowest BCUT2D eigenvalue weighted by Gasteiger charge is -2.03. The number of hydrogen-bond donors (Lipinski definition) is 1. The van der Waals surface area contributed by atoms with Crippen molar-refractivity contribution in [1.82, 2.24) is 4.98 Å². The third kappa shape index (κ3) is 1.37. The molecular formula is C8H10N2O. The van der Waals surface area contributed by atoms with Crippen LogP contribution in [0.15, 0.2) is 12.3 Å². The fourth-order valence-corrected chi connectivity index (χ4v) is 0.918. The molecule has 3 nitrogen and oxygen atoms in total. The lowest BCUT2D eigenvalue weighted by Crippen LogP contribution is -1.99. The first-order valence-corrected chi connectivity index (χ1v) is 3.38. The summed E-state index contributed by atoms with van der Waals surface area (Å²) in [6.45, 7) is 1.88. The Morgan fingerprint density at radius 3 is 2.82 bits per heavy atom. The van der Waals surface area contributed by atoms with Crippen LogP contribution in [0.4, 0.5) is 5.82 Å². The Bertz CT molecular complexity index is 271. The quantitative estimate of drug-likeness (QED) is 0.645. The maximum absolute atomic E-state index is 10.5. The minimum Gasteiger partial charge on any atom is -0.373 e. The number of carbonyl (C=O) groups is 1. The van der Waals surface area contributed by atoms with Crippen molar-refractivity contribution in [1.29, 1.82) is 0 Å². The zero-order chi connectivity index (χ0) is 8.27. The largest absolute Gasteiger partial charge is 0.373 e. The molecule has 0 aromatic carbocycles. The van der Waals surface area contributed by atoms with Crippen LogP contribution in [-0.4, -0.2) is 18.3 Å². The molecule has 0 spiro atoms. The summed E-state index contributed by atoms with van der Waals surface area (Å²) in [4.78, 5) is 14.5. The minimum atomic E-state index is 0.634. The van der Waals surface area contributed by atoms with Gasteiger partial charge >= 0.3 is 0 Å². The standard InChI is InChI=1S/C8H10N2O/c1-6-3-4-10-8(9-2)7(6)5-11/h3-5H,1-2H3,(H,9,10). The van der Waals surface area contributed by atoms with Gasteiger partial charge in [0.05, 0.1) is 5.56 Å². The highest BCUT2D eigenvalue weighted by molar-refractivity contribution is 5.84. The van der Waals surface area contributed by atoms with E-state index in [4.69, 9.17) is 0 Å². The van der Waals surface area contributed by atoms with Gasteiger partial charge < -0.3 is 5.32 Å². The third-order valence-electron chi connectivity index (χ3n) is 1.56. The number of nitrogens with one attached hydrogen (secondary N) is 1. The van der Waals surface area contributed by atoms with E-state index < -0.39 is 0 Å². The average Bonchev–Trinajstić information content (AvgIpc) is 2.04. The predicted molar refractivity (Wildman–Crippen MR) is 43.9 cm³/mol. The molecule has 58 valence electrons. The van der Waals surface area contributed by atoms with E-state index in [1.54, 1.807) is 13.2 Å². The predicted octanol–water partition coefficient (Wildman–Crippen LogP) is 1.24. The molecule has 1 heterocycles. The molecule has 0 radical (unpaired) electrons. The molecule has 0 bridgehead atoms. The van der Waals surface area contributed by atoms with Crippen LogP contribution >= 0.6 is 0 Å². The Balaban J connectivity index is 3.24.